The first-order valence-electron chi connectivity index (χ1n) is 10.9. The first-order valence-corrected chi connectivity index (χ1v) is 12.3. The summed E-state index contributed by atoms with van der Waals surface area (Å²) in [7, 11) is 1.53. The number of methoxy groups -OCH3 is 1. The molecule has 1 aromatic rings. The molecule has 0 radical (unpaired) electrons. The predicted octanol–water partition coefficient (Wildman–Crippen LogP) is 8.23. The molecule has 2 rings (SSSR count). The van der Waals surface area contributed by atoms with Crippen LogP contribution >= 0.6 is 23.4 Å². The van der Waals surface area contributed by atoms with Crippen molar-refractivity contribution in [3.05, 3.63) is 75.9 Å². The second kappa shape index (κ2) is 15.4. The number of hydrogen-bond acceptors (Lipinski definition) is 6. The zero-order valence-electron chi connectivity index (χ0n) is 20.6. The van der Waals surface area contributed by atoms with Crippen molar-refractivity contribution >= 4 is 35.8 Å². The number of halogens is 4. The van der Waals surface area contributed by atoms with Gasteiger partial charge < -0.3 is 15.0 Å². The molecule has 0 fully saturated rings. The predicted molar refractivity (Wildman–Crippen MR) is 143 cm³/mol. The Kier molecular flexibility index (Phi) is 13.3. The van der Waals surface area contributed by atoms with Gasteiger partial charge in [0.1, 0.15) is 0 Å². The lowest BCUT2D eigenvalue weighted by Crippen LogP contribution is -2.22. The van der Waals surface area contributed by atoms with E-state index >= 15 is 0 Å². The molecule has 1 aliphatic rings. The Bertz CT molecular complexity index is 983. The van der Waals surface area contributed by atoms with E-state index < -0.39 is 12.6 Å². The zero-order chi connectivity index (χ0) is 26.4. The second-order valence-electron chi connectivity index (χ2n) is 7.27. The molecule has 1 N–H and O–H groups in total. The molecule has 0 aromatic carbocycles. The molecule has 0 unspecified atom stereocenters. The van der Waals surface area contributed by atoms with Crippen molar-refractivity contribution in [3.63, 3.8) is 0 Å². The minimum atomic E-state index is -4.37. The van der Waals surface area contributed by atoms with Crippen molar-refractivity contribution in [2.45, 2.75) is 46.7 Å². The van der Waals surface area contributed by atoms with Crippen molar-refractivity contribution in [2.24, 2.45) is 4.99 Å². The maximum atomic E-state index is 13.2. The third-order valence-electron chi connectivity index (χ3n) is 4.28. The van der Waals surface area contributed by atoms with E-state index in [1.54, 1.807) is 53.9 Å². The molecule has 0 atom stereocenters. The summed E-state index contributed by atoms with van der Waals surface area (Å²) < 4.78 is 44.6. The summed E-state index contributed by atoms with van der Waals surface area (Å²) in [5.41, 5.74) is 2.02. The Labute approximate surface area is 215 Å². The van der Waals surface area contributed by atoms with Crippen LogP contribution in [0.25, 0.3) is 0 Å². The van der Waals surface area contributed by atoms with E-state index in [9.17, 15) is 13.2 Å². The summed E-state index contributed by atoms with van der Waals surface area (Å²) in [4.78, 5) is 9.73. The smallest absolute Gasteiger partial charge is 0.392 e. The normalized spacial score (nSPS) is 15.7. The molecule has 0 amide bonds. The van der Waals surface area contributed by atoms with Gasteiger partial charge in [-0.3, -0.25) is 4.99 Å². The van der Waals surface area contributed by atoms with E-state index in [-0.39, 0.29) is 11.3 Å². The number of ether oxygens (including phenoxy) is 1. The SMILES string of the molecule is C=NC(=C\SCNc1ccc(OC)nc1)/C(=C(/C)CC(F)(F)F)N1C=CC=C(Cl)/C1=C\C.CCC. The number of aromatic nitrogens is 1. The third kappa shape index (κ3) is 10.2. The van der Waals surface area contributed by atoms with E-state index in [0.29, 0.717) is 28.2 Å². The highest BCUT2D eigenvalue weighted by molar-refractivity contribution is 8.02. The average Bonchev–Trinajstić information content (AvgIpc) is 2.80. The number of nitrogens with zero attached hydrogens (tertiary/aromatic N) is 3. The monoisotopic (exact) mass is 528 g/mol. The molecule has 1 aliphatic heterocycles. The summed E-state index contributed by atoms with van der Waals surface area (Å²) in [6.07, 6.45) is 4.15. The first-order chi connectivity index (χ1) is 16.6. The lowest BCUT2D eigenvalue weighted by Gasteiger charge is -2.30. The average molecular weight is 529 g/mol. The van der Waals surface area contributed by atoms with Gasteiger partial charge >= 0.3 is 6.18 Å². The molecule has 35 heavy (non-hydrogen) atoms. The Morgan fingerprint density at radius 1 is 1.34 bits per heavy atom. The Morgan fingerprint density at radius 2 is 2.03 bits per heavy atom. The molecule has 0 bridgehead atoms. The van der Waals surface area contributed by atoms with Crippen LogP contribution in [-0.2, 0) is 0 Å². The van der Waals surface area contributed by atoms with Gasteiger partial charge in [-0.1, -0.05) is 37.9 Å². The number of aliphatic imine (C=N–C) groups is 1. The molecular weight excluding hydrogens is 497 g/mol. The molecule has 1 aromatic heterocycles. The van der Waals surface area contributed by atoms with Crippen LogP contribution in [0, 0.1) is 0 Å². The third-order valence-corrected chi connectivity index (χ3v) is 5.30. The fourth-order valence-corrected chi connectivity index (χ4v) is 3.87. The van der Waals surface area contributed by atoms with E-state index in [0.717, 1.165) is 5.69 Å². The molecule has 2 heterocycles. The minimum Gasteiger partial charge on any atom is -0.481 e. The second-order valence-corrected chi connectivity index (χ2v) is 8.53. The van der Waals surface area contributed by atoms with Crippen LogP contribution in [0.15, 0.2) is 80.9 Å². The maximum absolute atomic E-state index is 13.2. The van der Waals surface area contributed by atoms with Crippen LogP contribution in [0.4, 0.5) is 18.9 Å². The van der Waals surface area contributed by atoms with Gasteiger partial charge in [0.05, 0.1) is 53.4 Å². The molecule has 5 nitrogen and oxygen atoms in total. The number of allylic oxidation sites excluding steroid dienone is 5. The number of nitrogens with one attached hydrogen (secondary N) is 1. The standard InChI is InChI=1S/C22H24ClF3N4OS.C3H8/c1-5-19-17(23)7-6-10-30(19)21(15(2)11-22(24,25)26)18(27-3)13-32-14-29-16-8-9-20(31-4)28-12-16;1-3-2/h5-10,12-13,29H,3,11,14H2,1-2,4H3;3H2,1-2H3/b18-13-,19-5+,21-15+;. The van der Waals surface area contributed by atoms with Gasteiger partial charge in [-0.2, -0.15) is 13.2 Å². The van der Waals surface area contributed by atoms with Crippen LogP contribution in [-0.4, -0.2) is 35.8 Å². The fraction of sp³-hybridized carbons (Fsp3) is 0.360. The van der Waals surface area contributed by atoms with E-state index in [1.807, 2.05) is 6.07 Å². The zero-order valence-corrected chi connectivity index (χ0v) is 22.2. The first kappa shape index (κ1) is 30.4. The maximum Gasteiger partial charge on any atom is 0.392 e. The largest absolute Gasteiger partial charge is 0.481 e. The Balaban J connectivity index is 0.00000194. The molecule has 10 heteroatoms. The summed E-state index contributed by atoms with van der Waals surface area (Å²) in [6, 6.07) is 3.53. The van der Waals surface area contributed by atoms with Gasteiger partial charge in [-0.25, -0.2) is 4.98 Å². The summed E-state index contributed by atoms with van der Waals surface area (Å²) in [5.74, 6) is 0.934. The van der Waals surface area contributed by atoms with Gasteiger partial charge in [0.25, 0.3) is 0 Å². The summed E-state index contributed by atoms with van der Waals surface area (Å²) in [6.45, 7) is 11.0. The highest BCUT2D eigenvalue weighted by Crippen LogP contribution is 2.36. The lowest BCUT2D eigenvalue weighted by molar-refractivity contribution is -0.127. The lowest BCUT2D eigenvalue weighted by atomic mass is 10.1. The van der Waals surface area contributed by atoms with Gasteiger partial charge in [0, 0.05) is 17.7 Å². The van der Waals surface area contributed by atoms with Gasteiger partial charge in [0.2, 0.25) is 5.88 Å². The molecule has 0 saturated carbocycles. The Morgan fingerprint density at radius 3 is 2.54 bits per heavy atom. The highest BCUT2D eigenvalue weighted by atomic mass is 35.5. The topological polar surface area (TPSA) is 49.8 Å². The molecule has 0 saturated heterocycles. The molecule has 0 aliphatic carbocycles. The van der Waals surface area contributed by atoms with Crippen molar-refractivity contribution in [1.29, 1.82) is 0 Å². The summed E-state index contributed by atoms with van der Waals surface area (Å²) in [5, 5.41) is 5.24. The highest BCUT2D eigenvalue weighted by Gasteiger charge is 2.31. The van der Waals surface area contributed by atoms with Gasteiger partial charge in [-0.15, -0.1) is 11.8 Å². The van der Waals surface area contributed by atoms with Crippen molar-refractivity contribution in [3.8, 4) is 5.88 Å². The van der Waals surface area contributed by atoms with E-state index in [2.05, 4.69) is 35.9 Å². The number of rotatable bonds is 9. The minimum absolute atomic E-state index is 0.0967. The number of hydrogen-bond donors (Lipinski definition) is 1. The van der Waals surface area contributed by atoms with Crippen molar-refractivity contribution in [2.75, 3.05) is 18.3 Å². The number of alkyl halides is 3. The van der Waals surface area contributed by atoms with Crippen molar-refractivity contribution < 1.29 is 17.9 Å². The molecule has 192 valence electrons. The van der Waals surface area contributed by atoms with E-state index in [1.165, 1.54) is 32.2 Å². The van der Waals surface area contributed by atoms with Crippen molar-refractivity contribution in [1.82, 2.24) is 9.88 Å². The molecule has 0 spiro atoms. The van der Waals surface area contributed by atoms with Crippen LogP contribution in [0.3, 0.4) is 0 Å². The Hall–Kier alpha value is -2.65. The quantitative estimate of drug-likeness (QED) is 0.151. The molecular formula is C25H32ClF3N4OS. The number of pyridine rings is 1. The van der Waals surface area contributed by atoms with Gasteiger partial charge in [0.15, 0.2) is 0 Å². The van der Waals surface area contributed by atoms with E-state index in [4.69, 9.17) is 16.3 Å². The van der Waals surface area contributed by atoms with Crippen LogP contribution in [0.5, 0.6) is 5.88 Å². The summed E-state index contributed by atoms with van der Waals surface area (Å²) >= 11 is 7.61. The number of thioether (sulfide) groups is 1. The van der Waals surface area contributed by atoms with Crippen LogP contribution in [0.1, 0.15) is 40.5 Å². The van der Waals surface area contributed by atoms with Crippen LogP contribution in [0.2, 0.25) is 0 Å². The van der Waals surface area contributed by atoms with Gasteiger partial charge in [-0.05, 0) is 44.4 Å². The fourth-order valence-electron chi connectivity index (χ4n) is 2.92. The van der Waals surface area contributed by atoms with Crippen LogP contribution < -0.4 is 10.1 Å². The number of anilines is 1.